The van der Waals surface area contributed by atoms with Crippen molar-refractivity contribution in [1.82, 2.24) is 0 Å². The monoisotopic (exact) mass is 444 g/mol. The zero-order valence-electron chi connectivity index (χ0n) is 17.4. The maximum atomic E-state index is 9.25. The summed E-state index contributed by atoms with van der Waals surface area (Å²) in [6.07, 6.45) is 2.50. The zero-order chi connectivity index (χ0) is 25.3. The SMILES string of the molecule is C=CC(=O)O.C=CC(=O)O.C=CC(=O)O.Cc1ccccc1.OCC(CO)(CO)CO. The molecule has 0 bridgehead atoms. The fourth-order valence-corrected chi connectivity index (χ4v) is 0.834. The molecule has 0 aliphatic rings. The van der Waals surface area contributed by atoms with Gasteiger partial charge in [-0.1, -0.05) is 55.6 Å². The van der Waals surface area contributed by atoms with Crippen LogP contribution in [0.1, 0.15) is 5.56 Å². The second-order valence-electron chi connectivity index (χ2n) is 5.41. The molecule has 0 spiro atoms. The summed E-state index contributed by atoms with van der Waals surface area (Å²) in [4.78, 5) is 27.8. The molecule has 0 heterocycles. The van der Waals surface area contributed by atoms with Crippen molar-refractivity contribution in [3.05, 3.63) is 73.9 Å². The number of aryl methyl sites for hydroxylation is 1. The quantitative estimate of drug-likeness (QED) is 0.294. The van der Waals surface area contributed by atoms with Gasteiger partial charge in [0, 0.05) is 18.2 Å². The Kier molecular flexibility index (Phi) is 28.0. The fourth-order valence-electron chi connectivity index (χ4n) is 0.834. The van der Waals surface area contributed by atoms with Crippen LogP contribution in [0.3, 0.4) is 0 Å². The summed E-state index contributed by atoms with van der Waals surface area (Å²) in [5.74, 6) is -2.94. The number of carboxylic acid groups (broad SMARTS) is 3. The Hall–Kier alpha value is -3.31. The van der Waals surface area contributed by atoms with Crippen LogP contribution in [0.4, 0.5) is 0 Å². The molecule has 0 saturated heterocycles. The molecular formula is C21H32O10. The van der Waals surface area contributed by atoms with Crippen LogP contribution in [-0.2, 0) is 14.4 Å². The smallest absolute Gasteiger partial charge is 0.327 e. The standard InChI is InChI=1S/C7H8.C5H12O4.3C3H4O2/c1-7-5-3-2-4-6-7;6-1-5(2-7,3-8)4-9;3*1-2-3(4)5/h2-6H,1H3;6-9H,1-4H2;3*2H,1H2,(H,4,5). The van der Waals surface area contributed by atoms with Crippen LogP contribution in [0.25, 0.3) is 0 Å². The normalized spacial score (nSPS) is 8.55. The Morgan fingerprint density at radius 2 is 0.935 bits per heavy atom. The molecular weight excluding hydrogens is 412 g/mol. The Morgan fingerprint density at radius 3 is 1.00 bits per heavy atom. The van der Waals surface area contributed by atoms with E-state index in [-0.39, 0.29) is 0 Å². The second kappa shape index (κ2) is 24.7. The van der Waals surface area contributed by atoms with E-state index in [4.69, 9.17) is 35.7 Å². The van der Waals surface area contributed by atoms with Gasteiger partial charge in [-0.15, -0.1) is 0 Å². The van der Waals surface area contributed by atoms with Crippen LogP contribution in [0, 0.1) is 12.3 Å². The first-order valence-corrected chi connectivity index (χ1v) is 8.46. The maximum absolute atomic E-state index is 9.25. The molecule has 0 aliphatic heterocycles. The minimum absolute atomic E-state index is 0.406. The van der Waals surface area contributed by atoms with Crippen LogP contribution >= 0.6 is 0 Å². The largest absolute Gasteiger partial charge is 0.478 e. The lowest BCUT2D eigenvalue weighted by molar-refractivity contribution is -0.132. The minimum Gasteiger partial charge on any atom is -0.478 e. The van der Waals surface area contributed by atoms with Crippen molar-refractivity contribution in [3.8, 4) is 0 Å². The highest BCUT2D eigenvalue weighted by molar-refractivity contribution is 5.79. The van der Waals surface area contributed by atoms with E-state index in [0.29, 0.717) is 0 Å². The Balaban J connectivity index is -0.000000151. The Bertz CT molecular complexity index is 562. The summed E-state index contributed by atoms with van der Waals surface area (Å²) in [6.45, 7) is 9.34. The summed E-state index contributed by atoms with van der Waals surface area (Å²) < 4.78 is 0. The summed E-state index contributed by atoms with van der Waals surface area (Å²) in [5.41, 5.74) is 0.211. The molecule has 0 saturated carbocycles. The number of rotatable bonds is 7. The van der Waals surface area contributed by atoms with Gasteiger partial charge in [-0.3, -0.25) is 0 Å². The van der Waals surface area contributed by atoms with Crippen LogP contribution in [0.2, 0.25) is 0 Å². The van der Waals surface area contributed by atoms with Crippen molar-refractivity contribution in [2.24, 2.45) is 5.41 Å². The maximum Gasteiger partial charge on any atom is 0.327 e. The van der Waals surface area contributed by atoms with Crippen molar-refractivity contribution < 1.29 is 50.1 Å². The van der Waals surface area contributed by atoms with Gasteiger partial charge in [-0.05, 0) is 6.92 Å². The summed E-state index contributed by atoms with van der Waals surface area (Å²) in [6, 6.07) is 10.3. The Morgan fingerprint density at radius 1 is 0.710 bits per heavy atom. The van der Waals surface area contributed by atoms with Crippen molar-refractivity contribution in [2.45, 2.75) is 6.92 Å². The number of aliphatic carboxylic acids is 3. The number of hydrogen-bond acceptors (Lipinski definition) is 7. The second-order valence-corrected chi connectivity index (χ2v) is 5.41. The fraction of sp³-hybridized carbons (Fsp3) is 0.286. The molecule has 1 aromatic carbocycles. The van der Waals surface area contributed by atoms with Gasteiger partial charge in [0.1, 0.15) is 0 Å². The van der Waals surface area contributed by atoms with Crippen LogP contribution in [0.15, 0.2) is 68.3 Å². The summed E-state index contributed by atoms with van der Waals surface area (Å²) >= 11 is 0. The lowest BCUT2D eigenvalue weighted by atomic mass is 9.93. The molecule has 0 atom stereocenters. The predicted octanol–water partition coefficient (Wildman–Crippen LogP) is 0.708. The third kappa shape index (κ3) is 31.6. The van der Waals surface area contributed by atoms with E-state index in [1.54, 1.807) is 0 Å². The molecule has 7 N–H and O–H groups in total. The van der Waals surface area contributed by atoms with E-state index in [9.17, 15) is 14.4 Å². The summed E-state index contributed by atoms with van der Waals surface area (Å²) in [7, 11) is 0. The molecule has 0 amide bonds. The lowest BCUT2D eigenvalue weighted by Crippen LogP contribution is -2.37. The highest BCUT2D eigenvalue weighted by Gasteiger charge is 2.26. The minimum atomic E-state index is -1.11. The van der Waals surface area contributed by atoms with E-state index in [0.717, 1.165) is 18.2 Å². The molecule has 176 valence electrons. The van der Waals surface area contributed by atoms with Crippen LogP contribution < -0.4 is 0 Å². The van der Waals surface area contributed by atoms with Gasteiger partial charge in [-0.2, -0.15) is 0 Å². The predicted molar refractivity (Wildman–Crippen MR) is 115 cm³/mol. The van der Waals surface area contributed by atoms with E-state index >= 15 is 0 Å². The van der Waals surface area contributed by atoms with E-state index in [1.807, 2.05) is 18.2 Å². The average Bonchev–Trinajstić information content (AvgIpc) is 2.78. The molecule has 0 aromatic heterocycles. The molecule has 10 heteroatoms. The van der Waals surface area contributed by atoms with Gasteiger partial charge in [0.25, 0.3) is 0 Å². The van der Waals surface area contributed by atoms with E-state index in [1.165, 1.54) is 5.56 Å². The van der Waals surface area contributed by atoms with Crippen LogP contribution in [0.5, 0.6) is 0 Å². The number of carboxylic acids is 3. The average molecular weight is 444 g/mol. The lowest BCUT2D eigenvalue weighted by Gasteiger charge is -2.23. The van der Waals surface area contributed by atoms with Gasteiger partial charge >= 0.3 is 17.9 Å². The number of aliphatic hydroxyl groups is 4. The molecule has 0 unspecified atom stereocenters. The summed E-state index contributed by atoms with van der Waals surface area (Å²) in [5, 5.41) is 56.8. The highest BCUT2D eigenvalue weighted by atomic mass is 16.4. The van der Waals surface area contributed by atoms with Crippen LogP contribution in [-0.4, -0.2) is 80.1 Å². The third-order valence-corrected chi connectivity index (χ3v) is 2.81. The van der Waals surface area contributed by atoms with Crippen molar-refractivity contribution in [1.29, 1.82) is 0 Å². The first-order valence-electron chi connectivity index (χ1n) is 8.46. The van der Waals surface area contributed by atoms with Crippen molar-refractivity contribution >= 4 is 17.9 Å². The van der Waals surface area contributed by atoms with Gasteiger partial charge in [0.2, 0.25) is 0 Å². The first kappa shape index (κ1) is 35.1. The molecule has 1 rings (SSSR count). The topological polar surface area (TPSA) is 193 Å². The highest BCUT2D eigenvalue weighted by Crippen LogP contribution is 2.11. The molecule has 0 radical (unpaired) electrons. The number of aliphatic hydroxyl groups excluding tert-OH is 4. The van der Waals surface area contributed by atoms with Gasteiger partial charge < -0.3 is 35.7 Å². The van der Waals surface area contributed by atoms with Crippen molar-refractivity contribution in [3.63, 3.8) is 0 Å². The molecule has 0 fully saturated rings. The molecule has 1 aromatic rings. The van der Waals surface area contributed by atoms with E-state index in [2.05, 4.69) is 38.8 Å². The number of hydrogen-bond donors (Lipinski definition) is 7. The molecule has 0 aliphatic carbocycles. The van der Waals surface area contributed by atoms with Crippen molar-refractivity contribution in [2.75, 3.05) is 26.4 Å². The van der Waals surface area contributed by atoms with Gasteiger partial charge in [0.15, 0.2) is 0 Å². The zero-order valence-corrected chi connectivity index (χ0v) is 17.4. The third-order valence-electron chi connectivity index (χ3n) is 2.81. The van der Waals surface area contributed by atoms with Gasteiger partial charge in [-0.25, -0.2) is 14.4 Å². The molecule has 10 nitrogen and oxygen atoms in total. The Labute approximate surface area is 181 Å². The number of benzene rings is 1. The number of carbonyl (C=O) groups is 3. The van der Waals surface area contributed by atoms with E-state index < -0.39 is 49.8 Å². The van der Waals surface area contributed by atoms with Gasteiger partial charge in [0.05, 0.1) is 31.8 Å². The molecule has 31 heavy (non-hydrogen) atoms. The first-order chi connectivity index (χ1) is 14.4.